The third-order valence-corrected chi connectivity index (χ3v) is 5.43. The second kappa shape index (κ2) is 7.80. The number of pyridine rings is 2. The van der Waals surface area contributed by atoms with Crippen LogP contribution in [0, 0.1) is 0 Å². The second-order valence-corrected chi connectivity index (χ2v) is 8.48. The zero-order valence-electron chi connectivity index (χ0n) is 17.6. The molecule has 4 rings (SSSR count). The van der Waals surface area contributed by atoms with E-state index in [1.165, 1.54) is 17.3 Å². The van der Waals surface area contributed by atoms with E-state index < -0.39 is 17.7 Å². The van der Waals surface area contributed by atoms with Crippen molar-refractivity contribution in [1.29, 1.82) is 0 Å². The number of aromatic nitrogens is 2. The Morgan fingerprint density at radius 1 is 0.871 bits per heavy atom. The summed E-state index contributed by atoms with van der Waals surface area (Å²) < 4.78 is 0. The van der Waals surface area contributed by atoms with Gasteiger partial charge in [0.1, 0.15) is 5.76 Å². The molecule has 1 unspecified atom stereocenters. The average Bonchev–Trinajstić information content (AvgIpc) is 3.04. The SMILES string of the molecule is CC(C)(C)c1ccc(N2C(=O)C(=O)/C(=C(/O)c3ccncc3)C2c2ccncc2)cc1. The number of anilines is 1. The van der Waals surface area contributed by atoms with E-state index in [-0.39, 0.29) is 16.7 Å². The number of ketones is 1. The molecule has 1 saturated heterocycles. The molecule has 3 heterocycles. The zero-order valence-corrected chi connectivity index (χ0v) is 17.6. The topological polar surface area (TPSA) is 83.4 Å². The summed E-state index contributed by atoms with van der Waals surface area (Å²) in [4.78, 5) is 35.6. The number of aliphatic hydroxyl groups is 1. The van der Waals surface area contributed by atoms with Gasteiger partial charge in [0.05, 0.1) is 11.6 Å². The first-order valence-electron chi connectivity index (χ1n) is 10.0. The van der Waals surface area contributed by atoms with Gasteiger partial charge in [-0.05, 0) is 52.9 Å². The van der Waals surface area contributed by atoms with Crippen LogP contribution in [0.15, 0.2) is 78.9 Å². The molecule has 6 nitrogen and oxygen atoms in total. The molecule has 1 aliphatic rings. The van der Waals surface area contributed by atoms with Gasteiger partial charge in [0.15, 0.2) is 0 Å². The summed E-state index contributed by atoms with van der Waals surface area (Å²) >= 11 is 0. The Bertz CT molecular complexity index is 1150. The number of Topliss-reactive ketones (excluding diaryl/α,β-unsaturated/α-hetero) is 1. The van der Waals surface area contributed by atoms with E-state index in [0.717, 1.165) is 5.56 Å². The minimum atomic E-state index is -0.767. The van der Waals surface area contributed by atoms with Crippen LogP contribution in [0.25, 0.3) is 5.76 Å². The molecule has 1 atom stereocenters. The number of aliphatic hydroxyl groups excluding tert-OH is 1. The van der Waals surface area contributed by atoms with Crippen LogP contribution in [0.3, 0.4) is 0 Å². The van der Waals surface area contributed by atoms with Gasteiger partial charge in [-0.2, -0.15) is 0 Å². The van der Waals surface area contributed by atoms with Gasteiger partial charge in [0, 0.05) is 36.0 Å². The third kappa shape index (κ3) is 3.72. The van der Waals surface area contributed by atoms with Gasteiger partial charge < -0.3 is 5.11 Å². The molecule has 1 fully saturated rings. The standard InChI is InChI=1S/C25H23N3O3/c1-25(2,3)18-4-6-19(7-5-18)28-21(16-8-12-26-13-9-16)20(23(30)24(28)31)22(29)17-10-14-27-15-11-17/h4-15,21,29H,1-3H3/b22-20+. The van der Waals surface area contributed by atoms with Crippen molar-refractivity contribution in [1.82, 2.24) is 9.97 Å². The Morgan fingerprint density at radius 2 is 1.42 bits per heavy atom. The van der Waals surface area contributed by atoms with E-state index in [2.05, 4.69) is 30.7 Å². The normalized spacial score (nSPS) is 18.4. The number of hydrogen-bond donors (Lipinski definition) is 1. The van der Waals surface area contributed by atoms with Crippen LogP contribution in [-0.2, 0) is 15.0 Å². The molecular weight excluding hydrogens is 390 g/mol. The van der Waals surface area contributed by atoms with Crippen molar-refractivity contribution in [2.45, 2.75) is 32.2 Å². The van der Waals surface area contributed by atoms with E-state index in [4.69, 9.17) is 0 Å². The van der Waals surface area contributed by atoms with Gasteiger partial charge in [0.25, 0.3) is 11.7 Å². The molecule has 2 aromatic heterocycles. The smallest absolute Gasteiger partial charge is 0.300 e. The highest BCUT2D eigenvalue weighted by Gasteiger charge is 2.47. The summed E-state index contributed by atoms with van der Waals surface area (Å²) in [5.74, 6) is -1.63. The highest BCUT2D eigenvalue weighted by molar-refractivity contribution is 6.51. The molecule has 6 heteroatoms. The van der Waals surface area contributed by atoms with Crippen LogP contribution < -0.4 is 4.90 Å². The number of carbonyl (C=O) groups is 2. The average molecular weight is 413 g/mol. The Balaban J connectivity index is 1.89. The number of nitrogens with zero attached hydrogens (tertiary/aromatic N) is 3. The van der Waals surface area contributed by atoms with Crippen LogP contribution in [0.4, 0.5) is 5.69 Å². The lowest BCUT2D eigenvalue weighted by Gasteiger charge is -2.26. The lowest BCUT2D eigenvalue weighted by Crippen LogP contribution is -2.29. The highest BCUT2D eigenvalue weighted by atomic mass is 16.3. The number of hydrogen-bond acceptors (Lipinski definition) is 5. The van der Waals surface area contributed by atoms with Gasteiger partial charge in [-0.1, -0.05) is 32.9 Å². The Morgan fingerprint density at radius 3 is 1.97 bits per heavy atom. The van der Waals surface area contributed by atoms with Crippen molar-refractivity contribution in [3.63, 3.8) is 0 Å². The molecule has 0 saturated carbocycles. The summed E-state index contributed by atoms with van der Waals surface area (Å²) in [6.45, 7) is 6.33. The van der Waals surface area contributed by atoms with Crippen molar-refractivity contribution in [3.05, 3.63) is 95.6 Å². The minimum Gasteiger partial charge on any atom is -0.507 e. The number of amides is 1. The Hall–Kier alpha value is -3.80. The van der Waals surface area contributed by atoms with Crippen molar-refractivity contribution >= 4 is 23.1 Å². The summed E-state index contributed by atoms with van der Waals surface area (Å²) in [6.07, 6.45) is 6.25. The minimum absolute atomic E-state index is 0.0431. The fourth-order valence-electron chi connectivity index (χ4n) is 3.75. The number of benzene rings is 1. The first kappa shape index (κ1) is 20.5. The van der Waals surface area contributed by atoms with Crippen LogP contribution in [0.1, 0.15) is 43.5 Å². The van der Waals surface area contributed by atoms with Gasteiger partial charge in [-0.15, -0.1) is 0 Å². The molecule has 1 amide bonds. The van der Waals surface area contributed by atoms with Crippen molar-refractivity contribution in [2.24, 2.45) is 0 Å². The largest absolute Gasteiger partial charge is 0.507 e. The monoisotopic (exact) mass is 413 g/mol. The van der Waals surface area contributed by atoms with Crippen LogP contribution in [0.2, 0.25) is 0 Å². The second-order valence-electron chi connectivity index (χ2n) is 8.48. The van der Waals surface area contributed by atoms with E-state index in [0.29, 0.717) is 16.8 Å². The maximum absolute atomic E-state index is 13.1. The van der Waals surface area contributed by atoms with Crippen molar-refractivity contribution in [2.75, 3.05) is 4.90 Å². The molecule has 0 spiro atoms. The molecule has 1 aromatic carbocycles. The Labute approximate surface area is 180 Å². The predicted octanol–water partition coefficient (Wildman–Crippen LogP) is 4.40. The maximum atomic E-state index is 13.1. The molecule has 1 aliphatic heterocycles. The first-order valence-corrected chi connectivity index (χ1v) is 10.0. The fourth-order valence-corrected chi connectivity index (χ4v) is 3.75. The van der Waals surface area contributed by atoms with E-state index in [1.807, 2.05) is 24.3 Å². The summed E-state index contributed by atoms with van der Waals surface area (Å²) in [6, 6.07) is 13.5. The number of carbonyl (C=O) groups excluding carboxylic acids is 2. The summed E-state index contributed by atoms with van der Waals surface area (Å²) in [7, 11) is 0. The molecule has 1 N–H and O–H groups in total. The van der Waals surface area contributed by atoms with Crippen LogP contribution >= 0.6 is 0 Å². The molecule has 0 radical (unpaired) electrons. The van der Waals surface area contributed by atoms with E-state index in [9.17, 15) is 14.7 Å². The maximum Gasteiger partial charge on any atom is 0.300 e. The van der Waals surface area contributed by atoms with Gasteiger partial charge in [-0.3, -0.25) is 24.5 Å². The predicted molar refractivity (Wildman–Crippen MR) is 118 cm³/mol. The molecule has 0 aliphatic carbocycles. The molecule has 31 heavy (non-hydrogen) atoms. The Kier molecular flexibility index (Phi) is 5.15. The molecule has 3 aromatic rings. The highest BCUT2D eigenvalue weighted by Crippen LogP contribution is 2.42. The van der Waals surface area contributed by atoms with Crippen LogP contribution in [0.5, 0.6) is 0 Å². The third-order valence-electron chi connectivity index (χ3n) is 5.43. The summed E-state index contributed by atoms with van der Waals surface area (Å²) in [5.41, 5.74) is 2.82. The zero-order chi connectivity index (χ0) is 22.2. The van der Waals surface area contributed by atoms with Gasteiger partial charge in [-0.25, -0.2) is 0 Å². The van der Waals surface area contributed by atoms with Crippen molar-refractivity contribution < 1.29 is 14.7 Å². The lowest BCUT2D eigenvalue weighted by molar-refractivity contribution is -0.132. The molecule has 0 bridgehead atoms. The number of rotatable bonds is 3. The van der Waals surface area contributed by atoms with E-state index in [1.54, 1.807) is 36.7 Å². The van der Waals surface area contributed by atoms with E-state index >= 15 is 0 Å². The van der Waals surface area contributed by atoms with Crippen molar-refractivity contribution in [3.8, 4) is 0 Å². The fraction of sp³-hybridized carbons (Fsp3) is 0.200. The molecular formula is C25H23N3O3. The lowest BCUT2D eigenvalue weighted by atomic mass is 9.87. The quantitative estimate of drug-likeness (QED) is 0.391. The van der Waals surface area contributed by atoms with Gasteiger partial charge in [0.2, 0.25) is 0 Å². The summed E-state index contributed by atoms with van der Waals surface area (Å²) in [5, 5.41) is 11.0. The first-order chi connectivity index (χ1) is 14.8. The van der Waals surface area contributed by atoms with Gasteiger partial charge >= 0.3 is 0 Å². The molecule has 156 valence electrons. The van der Waals surface area contributed by atoms with Crippen LogP contribution in [-0.4, -0.2) is 26.8 Å².